The van der Waals surface area contributed by atoms with E-state index in [0.717, 1.165) is 0 Å². The highest BCUT2D eigenvalue weighted by Gasteiger charge is 2.15. The van der Waals surface area contributed by atoms with Gasteiger partial charge in [0, 0.05) is 5.02 Å². The van der Waals surface area contributed by atoms with E-state index in [9.17, 15) is 10.1 Å². The Balaban J connectivity index is 1.84. The van der Waals surface area contributed by atoms with Gasteiger partial charge in [0.1, 0.15) is 11.6 Å². The fourth-order valence-corrected chi connectivity index (χ4v) is 2.44. The minimum Gasteiger partial charge on any atom is -0.454 e. The van der Waals surface area contributed by atoms with E-state index in [1.165, 1.54) is 12.1 Å². The summed E-state index contributed by atoms with van der Waals surface area (Å²) in [6.07, 6.45) is 1.45. The Hall–Kier alpha value is -2.68. The second-order valence-corrected chi connectivity index (χ2v) is 5.70. The van der Waals surface area contributed by atoms with Gasteiger partial charge in [-0.1, -0.05) is 29.3 Å². The summed E-state index contributed by atoms with van der Waals surface area (Å²) in [5.74, 6) is 0.611. The highest BCUT2D eigenvalue weighted by molar-refractivity contribution is 6.36. The van der Waals surface area contributed by atoms with Crippen LogP contribution < -0.4 is 14.8 Å². The fraction of sp³-hybridized carbons (Fsp3) is 0.0588. The Bertz CT molecular complexity index is 888. The quantitative estimate of drug-likeness (QED) is 0.655. The molecule has 0 saturated carbocycles. The number of anilines is 1. The Morgan fingerprint density at radius 2 is 1.96 bits per heavy atom. The molecule has 0 saturated heterocycles. The minimum absolute atomic E-state index is 0.0788. The molecule has 1 heterocycles. The lowest BCUT2D eigenvalue weighted by Gasteiger charge is -2.07. The van der Waals surface area contributed by atoms with E-state index >= 15 is 0 Å². The van der Waals surface area contributed by atoms with Crippen LogP contribution in [0, 0.1) is 11.3 Å². The highest BCUT2D eigenvalue weighted by Crippen LogP contribution is 2.33. The van der Waals surface area contributed by atoms with E-state index in [1.54, 1.807) is 30.3 Å². The van der Waals surface area contributed by atoms with Crippen LogP contribution in [0.15, 0.2) is 42.0 Å². The number of nitriles is 1. The maximum atomic E-state index is 12.3. The van der Waals surface area contributed by atoms with Gasteiger partial charge in [0.15, 0.2) is 11.5 Å². The summed E-state index contributed by atoms with van der Waals surface area (Å²) in [6.45, 7) is 0.154. The van der Waals surface area contributed by atoms with E-state index in [-0.39, 0.29) is 12.4 Å². The molecule has 2 aromatic carbocycles. The minimum atomic E-state index is -0.584. The summed E-state index contributed by atoms with van der Waals surface area (Å²) in [5.41, 5.74) is 0.897. The zero-order valence-electron chi connectivity index (χ0n) is 12.2. The van der Waals surface area contributed by atoms with Crippen molar-refractivity contribution in [1.29, 1.82) is 5.26 Å². The van der Waals surface area contributed by atoms with E-state index in [2.05, 4.69) is 5.32 Å². The lowest BCUT2D eigenvalue weighted by atomic mass is 10.1. The number of amides is 1. The number of nitrogens with one attached hydrogen (secondary N) is 1. The van der Waals surface area contributed by atoms with Gasteiger partial charge in [0.2, 0.25) is 6.79 Å². The smallest absolute Gasteiger partial charge is 0.266 e. The number of carbonyl (C=O) groups excluding carboxylic acids is 1. The van der Waals surface area contributed by atoms with Crippen molar-refractivity contribution in [3.8, 4) is 17.6 Å². The fourth-order valence-electron chi connectivity index (χ4n) is 2.10. The van der Waals surface area contributed by atoms with Gasteiger partial charge in [-0.3, -0.25) is 4.79 Å². The predicted molar refractivity (Wildman–Crippen MR) is 91.2 cm³/mol. The first-order valence-corrected chi connectivity index (χ1v) is 7.60. The number of nitrogens with zero attached hydrogens (tertiary/aromatic N) is 1. The largest absolute Gasteiger partial charge is 0.454 e. The van der Waals surface area contributed by atoms with Gasteiger partial charge in [-0.25, -0.2) is 0 Å². The highest BCUT2D eigenvalue weighted by atomic mass is 35.5. The normalized spacial score (nSPS) is 12.6. The molecule has 1 aliphatic heterocycles. The number of halogens is 2. The molecule has 0 aromatic heterocycles. The van der Waals surface area contributed by atoms with Gasteiger partial charge in [0.25, 0.3) is 5.91 Å². The molecule has 7 heteroatoms. The Morgan fingerprint density at radius 3 is 2.75 bits per heavy atom. The van der Waals surface area contributed by atoms with Crippen molar-refractivity contribution in [2.45, 2.75) is 0 Å². The van der Waals surface area contributed by atoms with Crippen molar-refractivity contribution < 1.29 is 14.3 Å². The molecule has 0 unspecified atom stereocenters. The average molecular weight is 361 g/mol. The molecule has 0 aliphatic carbocycles. The topological polar surface area (TPSA) is 71.3 Å². The van der Waals surface area contributed by atoms with E-state index in [4.69, 9.17) is 32.7 Å². The Kier molecular flexibility index (Phi) is 4.61. The number of hydrogen-bond acceptors (Lipinski definition) is 4. The molecular formula is C17H10Cl2N2O3. The molecule has 0 fully saturated rings. The van der Waals surface area contributed by atoms with Crippen LogP contribution in [0.25, 0.3) is 6.08 Å². The summed E-state index contributed by atoms with van der Waals surface area (Å²) in [4.78, 5) is 12.3. The monoisotopic (exact) mass is 360 g/mol. The van der Waals surface area contributed by atoms with Crippen LogP contribution in [-0.4, -0.2) is 12.7 Å². The molecule has 1 N–H and O–H groups in total. The predicted octanol–water partition coefficient (Wildman–Crippen LogP) is 4.27. The molecule has 0 atom stereocenters. The van der Waals surface area contributed by atoms with Crippen LogP contribution >= 0.6 is 23.2 Å². The van der Waals surface area contributed by atoms with Gasteiger partial charge in [0.05, 0.1) is 10.7 Å². The number of ether oxygens (including phenoxy) is 2. The van der Waals surface area contributed by atoms with E-state index in [0.29, 0.717) is 32.8 Å². The zero-order valence-corrected chi connectivity index (χ0v) is 13.7. The maximum Gasteiger partial charge on any atom is 0.266 e. The van der Waals surface area contributed by atoms with Crippen molar-refractivity contribution >= 4 is 40.9 Å². The molecular weight excluding hydrogens is 351 g/mol. The first kappa shape index (κ1) is 16.2. The third-order valence-corrected chi connectivity index (χ3v) is 3.81. The second kappa shape index (κ2) is 6.83. The van der Waals surface area contributed by atoms with E-state index < -0.39 is 5.91 Å². The van der Waals surface area contributed by atoms with Crippen molar-refractivity contribution in [3.05, 3.63) is 57.6 Å². The van der Waals surface area contributed by atoms with Crippen molar-refractivity contribution in [1.82, 2.24) is 0 Å². The van der Waals surface area contributed by atoms with Crippen molar-refractivity contribution in [2.75, 3.05) is 12.1 Å². The zero-order chi connectivity index (χ0) is 17.1. The average Bonchev–Trinajstić information content (AvgIpc) is 3.03. The van der Waals surface area contributed by atoms with Crippen molar-refractivity contribution in [2.24, 2.45) is 0 Å². The summed E-state index contributed by atoms with van der Waals surface area (Å²) < 4.78 is 10.5. The van der Waals surface area contributed by atoms with Crippen LogP contribution in [0.3, 0.4) is 0 Å². The molecule has 3 rings (SSSR count). The number of carbonyl (C=O) groups is 1. The van der Waals surface area contributed by atoms with Gasteiger partial charge >= 0.3 is 0 Å². The molecule has 0 radical (unpaired) electrons. The summed E-state index contributed by atoms with van der Waals surface area (Å²) in [5, 5.41) is 12.6. The standard InChI is InChI=1S/C17H10Cl2N2O3/c18-12-2-3-13(19)14(7-12)21-17(22)11(8-20)5-10-1-4-15-16(6-10)24-9-23-15/h1-7H,9H2,(H,21,22)/b11-5+. The summed E-state index contributed by atoms with van der Waals surface area (Å²) in [7, 11) is 0. The van der Waals surface area contributed by atoms with Crippen LogP contribution in [-0.2, 0) is 4.79 Å². The van der Waals surface area contributed by atoms with Gasteiger partial charge < -0.3 is 14.8 Å². The summed E-state index contributed by atoms with van der Waals surface area (Å²) in [6, 6.07) is 11.7. The van der Waals surface area contributed by atoms with Gasteiger partial charge in [-0.2, -0.15) is 5.26 Å². The van der Waals surface area contributed by atoms with Gasteiger partial charge in [-0.15, -0.1) is 0 Å². The molecule has 1 amide bonds. The third-order valence-electron chi connectivity index (χ3n) is 3.25. The van der Waals surface area contributed by atoms with Crippen molar-refractivity contribution in [3.63, 3.8) is 0 Å². The van der Waals surface area contributed by atoms with Crippen LogP contribution in [0.2, 0.25) is 10.0 Å². The number of hydrogen-bond donors (Lipinski definition) is 1. The number of rotatable bonds is 3. The molecule has 0 bridgehead atoms. The molecule has 24 heavy (non-hydrogen) atoms. The van der Waals surface area contributed by atoms with E-state index in [1.807, 2.05) is 6.07 Å². The third kappa shape index (κ3) is 3.46. The molecule has 120 valence electrons. The Morgan fingerprint density at radius 1 is 1.17 bits per heavy atom. The van der Waals surface area contributed by atoms with Crippen LogP contribution in [0.5, 0.6) is 11.5 Å². The van der Waals surface area contributed by atoms with Gasteiger partial charge in [-0.05, 0) is 42.0 Å². The number of fused-ring (bicyclic) bond motifs is 1. The van der Waals surface area contributed by atoms with Crippen LogP contribution in [0.4, 0.5) is 5.69 Å². The molecule has 1 aliphatic rings. The summed E-state index contributed by atoms with van der Waals surface area (Å²) >= 11 is 11.9. The first-order chi connectivity index (χ1) is 11.6. The Labute approximate surface area is 148 Å². The SMILES string of the molecule is N#C/C(=C\c1ccc2c(c1)OCO2)C(=O)Nc1cc(Cl)ccc1Cl. The lowest BCUT2D eigenvalue weighted by Crippen LogP contribution is -2.13. The number of benzene rings is 2. The second-order valence-electron chi connectivity index (χ2n) is 4.86. The molecule has 5 nitrogen and oxygen atoms in total. The maximum absolute atomic E-state index is 12.3. The molecule has 0 spiro atoms. The lowest BCUT2D eigenvalue weighted by molar-refractivity contribution is -0.112. The van der Waals surface area contributed by atoms with Crippen LogP contribution in [0.1, 0.15) is 5.56 Å². The first-order valence-electron chi connectivity index (χ1n) is 6.84. The molecule has 2 aromatic rings.